The zero-order valence-electron chi connectivity index (χ0n) is 9.36. The topological polar surface area (TPSA) is 55.5 Å². The lowest BCUT2D eigenvalue weighted by molar-refractivity contribution is 0.0533. The Morgan fingerprint density at radius 2 is 2.07 bits per heavy atom. The molecule has 0 fully saturated rings. The predicted octanol–water partition coefficient (Wildman–Crippen LogP) is 1.34. The molecule has 0 saturated carbocycles. The first-order valence-corrected chi connectivity index (χ1v) is 5.13. The minimum Gasteiger partial charge on any atom is -0.496 e. The molecular formula is C12H19NO2. The maximum Gasteiger partial charge on any atom is 0.122 e. The van der Waals surface area contributed by atoms with E-state index in [2.05, 4.69) is 0 Å². The van der Waals surface area contributed by atoms with Crippen LogP contribution in [0.2, 0.25) is 0 Å². The van der Waals surface area contributed by atoms with E-state index in [1.54, 1.807) is 14.0 Å². The van der Waals surface area contributed by atoms with Crippen LogP contribution in [0.25, 0.3) is 0 Å². The number of para-hydroxylation sites is 1. The van der Waals surface area contributed by atoms with E-state index in [9.17, 15) is 5.11 Å². The van der Waals surface area contributed by atoms with Crippen LogP contribution in [-0.2, 0) is 6.42 Å². The molecule has 1 rings (SSSR count). The van der Waals surface area contributed by atoms with Crippen molar-refractivity contribution in [2.24, 2.45) is 5.73 Å². The molecule has 0 aromatic heterocycles. The molecule has 15 heavy (non-hydrogen) atoms. The second-order valence-electron chi connectivity index (χ2n) is 4.02. The van der Waals surface area contributed by atoms with Gasteiger partial charge in [0.1, 0.15) is 5.75 Å². The quantitative estimate of drug-likeness (QED) is 0.769. The van der Waals surface area contributed by atoms with Gasteiger partial charge in [0.05, 0.1) is 12.7 Å². The SMILES string of the molecule is COc1ccccc1CC(C)(O)CCN. The molecule has 0 amide bonds. The van der Waals surface area contributed by atoms with Gasteiger partial charge in [0.15, 0.2) is 0 Å². The highest BCUT2D eigenvalue weighted by molar-refractivity contribution is 5.34. The van der Waals surface area contributed by atoms with Crippen molar-refractivity contribution in [3.8, 4) is 5.75 Å². The number of ether oxygens (including phenoxy) is 1. The maximum absolute atomic E-state index is 10.1. The normalized spacial score (nSPS) is 14.7. The van der Waals surface area contributed by atoms with Crippen LogP contribution < -0.4 is 10.5 Å². The van der Waals surface area contributed by atoms with Crippen molar-refractivity contribution in [2.45, 2.75) is 25.4 Å². The first-order valence-electron chi connectivity index (χ1n) is 5.13. The average molecular weight is 209 g/mol. The van der Waals surface area contributed by atoms with Crippen LogP contribution in [0.5, 0.6) is 5.75 Å². The summed E-state index contributed by atoms with van der Waals surface area (Å²) in [7, 11) is 1.64. The van der Waals surface area contributed by atoms with Gasteiger partial charge in [-0.15, -0.1) is 0 Å². The fourth-order valence-corrected chi connectivity index (χ4v) is 1.66. The molecule has 0 aliphatic rings. The first kappa shape index (κ1) is 12.0. The molecule has 0 aliphatic carbocycles. The molecule has 84 valence electrons. The molecule has 3 nitrogen and oxygen atoms in total. The van der Waals surface area contributed by atoms with Gasteiger partial charge in [-0.3, -0.25) is 0 Å². The Balaban J connectivity index is 2.79. The van der Waals surface area contributed by atoms with Crippen LogP contribution in [0.4, 0.5) is 0 Å². The highest BCUT2D eigenvalue weighted by Crippen LogP contribution is 2.24. The van der Waals surface area contributed by atoms with E-state index in [0.717, 1.165) is 11.3 Å². The smallest absolute Gasteiger partial charge is 0.122 e. The van der Waals surface area contributed by atoms with Crippen LogP contribution in [-0.4, -0.2) is 24.4 Å². The number of benzene rings is 1. The summed E-state index contributed by atoms with van der Waals surface area (Å²) in [5, 5.41) is 10.1. The number of rotatable bonds is 5. The summed E-state index contributed by atoms with van der Waals surface area (Å²) in [5.74, 6) is 0.815. The number of hydrogen-bond acceptors (Lipinski definition) is 3. The molecule has 0 saturated heterocycles. The summed E-state index contributed by atoms with van der Waals surface area (Å²) < 4.78 is 5.23. The van der Waals surface area contributed by atoms with Gasteiger partial charge in [-0.2, -0.15) is 0 Å². The first-order chi connectivity index (χ1) is 7.09. The lowest BCUT2D eigenvalue weighted by Crippen LogP contribution is -2.30. The molecule has 3 heteroatoms. The van der Waals surface area contributed by atoms with E-state index in [0.29, 0.717) is 19.4 Å². The lowest BCUT2D eigenvalue weighted by atomic mass is 9.93. The molecule has 1 aromatic rings. The van der Waals surface area contributed by atoms with Crippen molar-refractivity contribution >= 4 is 0 Å². The fourth-order valence-electron chi connectivity index (χ4n) is 1.66. The highest BCUT2D eigenvalue weighted by Gasteiger charge is 2.21. The Morgan fingerprint density at radius 1 is 1.40 bits per heavy atom. The van der Waals surface area contributed by atoms with Crippen LogP contribution in [0.1, 0.15) is 18.9 Å². The average Bonchev–Trinajstić information content (AvgIpc) is 2.17. The molecule has 0 bridgehead atoms. The van der Waals surface area contributed by atoms with Crippen molar-refractivity contribution in [2.75, 3.05) is 13.7 Å². The van der Waals surface area contributed by atoms with E-state index in [-0.39, 0.29) is 0 Å². The Morgan fingerprint density at radius 3 is 2.67 bits per heavy atom. The van der Waals surface area contributed by atoms with Gasteiger partial charge < -0.3 is 15.6 Å². The van der Waals surface area contributed by atoms with Gasteiger partial charge >= 0.3 is 0 Å². The molecule has 0 spiro atoms. The second-order valence-corrected chi connectivity index (χ2v) is 4.02. The summed E-state index contributed by atoms with van der Waals surface area (Å²) in [6.45, 7) is 2.29. The largest absolute Gasteiger partial charge is 0.496 e. The number of nitrogens with two attached hydrogens (primary N) is 1. The zero-order valence-corrected chi connectivity index (χ0v) is 9.36. The van der Waals surface area contributed by atoms with Gasteiger partial charge in [-0.05, 0) is 31.5 Å². The van der Waals surface area contributed by atoms with Crippen molar-refractivity contribution in [3.63, 3.8) is 0 Å². The Kier molecular flexibility index (Phi) is 4.12. The Bertz CT molecular complexity index is 310. The summed E-state index contributed by atoms with van der Waals surface area (Å²) in [6.07, 6.45) is 1.15. The maximum atomic E-state index is 10.1. The van der Waals surface area contributed by atoms with Gasteiger partial charge in [-0.25, -0.2) is 0 Å². The zero-order chi connectivity index (χ0) is 11.3. The summed E-state index contributed by atoms with van der Waals surface area (Å²) in [4.78, 5) is 0. The third kappa shape index (κ3) is 3.53. The predicted molar refractivity (Wildman–Crippen MR) is 61.0 cm³/mol. The van der Waals surface area contributed by atoms with Gasteiger partial charge in [0, 0.05) is 6.42 Å². The van der Waals surface area contributed by atoms with Crippen LogP contribution >= 0.6 is 0 Å². The number of methoxy groups -OCH3 is 1. The molecule has 0 heterocycles. The summed E-state index contributed by atoms with van der Waals surface area (Å²) in [6, 6.07) is 7.72. The lowest BCUT2D eigenvalue weighted by Gasteiger charge is -2.23. The van der Waals surface area contributed by atoms with Gasteiger partial charge in [0.25, 0.3) is 0 Å². The number of hydrogen-bond donors (Lipinski definition) is 2. The third-order valence-electron chi connectivity index (χ3n) is 2.45. The van der Waals surface area contributed by atoms with Crippen LogP contribution in [0.15, 0.2) is 24.3 Å². The standard InChI is InChI=1S/C12H19NO2/c1-12(14,7-8-13)9-10-5-3-4-6-11(10)15-2/h3-6,14H,7-9,13H2,1-2H3. The van der Waals surface area contributed by atoms with Gasteiger partial charge in [-0.1, -0.05) is 18.2 Å². The minimum atomic E-state index is -0.761. The van der Waals surface area contributed by atoms with Crippen molar-refractivity contribution in [1.29, 1.82) is 0 Å². The van der Waals surface area contributed by atoms with Gasteiger partial charge in [0.2, 0.25) is 0 Å². The molecule has 1 atom stereocenters. The van der Waals surface area contributed by atoms with Crippen molar-refractivity contribution in [3.05, 3.63) is 29.8 Å². The minimum absolute atomic E-state index is 0.488. The van der Waals surface area contributed by atoms with E-state index in [4.69, 9.17) is 10.5 Å². The summed E-state index contributed by atoms with van der Waals surface area (Å²) in [5.41, 5.74) is 5.70. The van der Waals surface area contributed by atoms with E-state index in [1.807, 2.05) is 24.3 Å². The second kappa shape index (κ2) is 5.14. The number of aliphatic hydroxyl groups is 1. The molecular weight excluding hydrogens is 190 g/mol. The van der Waals surface area contributed by atoms with Crippen molar-refractivity contribution < 1.29 is 9.84 Å². The third-order valence-corrected chi connectivity index (χ3v) is 2.45. The van der Waals surface area contributed by atoms with E-state index < -0.39 is 5.60 Å². The van der Waals surface area contributed by atoms with E-state index >= 15 is 0 Å². The molecule has 3 N–H and O–H groups in total. The molecule has 0 aliphatic heterocycles. The Labute approximate surface area is 90.9 Å². The molecule has 1 unspecified atom stereocenters. The fraction of sp³-hybridized carbons (Fsp3) is 0.500. The summed E-state index contributed by atoms with van der Waals surface area (Å²) >= 11 is 0. The van der Waals surface area contributed by atoms with Crippen molar-refractivity contribution in [1.82, 2.24) is 0 Å². The monoisotopic (exact) mass is 209 g/mol. The Hall–Kier alpha value is -1.06. The highest BCUT2D eigenvalue weighted by atomic mass is 16.5. The van der Waals surface area contributed by atoms with Crippen LogP contribution in [0, 0.1) is 0 Å². The molecule has 0 radical (unpaired) electrons. The molecule has 1 aromatic carbocycles. The van der Waals surface area contributed by atoms with Crippen LogP contribution in [0.3, 0.4) is 0 Å². The van der Waals surface area contributed by atoms with E-state index in [1.165, 1.54) is 0 Å².